The Morgan fingerprint density at radius 1 is 1.44 bits per heavy atom. The summed E-state index contributed by atoms with van der Waals surface area (Å²) >= 11 is 0. The molecule has 96 valence electrons. The van der Waals surface area contributed by atoms with Gasteiger partial charge in [-0.15, -0.1) is 0 Å². The molecule has 0 radical (unpaired) electrons. The first-order valence-corrected chi connectivity index (χ1v) is 5.85. The largest absolute Gasteiger partial charge is 0.481 e. The van der Waals surface area contributed by atoms with Crippen LogP contribution < -0.4 is 10.1 Å². The molecule has 2 aromatic heterocycles. The van der Waals surface area contributed by atoms with Crippen LogP contribution in [0.1, 0.15) is 18.2 Å². The second-order valence-corrected chi connectivity index (χ2v) is 3.90. The molecule has 0 fully saturated rings. The van der Waals surface area contributed by atoms with Crippen molar-refractivity contribution in [1.82, 2.24) is 19.7 Å². The monoisotopic (exact) mass is 247 g/mol. The minimum absolute atomic E-state index is 0.550. The zero-order valence-corrected chi connectivity index (χ0v) is 10.8. The Morgan fingerprint density at radius 3 is 3.00 bits per heavy atom. The lowest BCUT2D eigenvalue weighted by Gasteiger charge is -2.05. The van der Waals surface area contributed by atoms with E-state index in [4.69, 9.17) is 4.74 Å². The third kappa shape index (κ3) is 2.77. The van der Waals surface area contributed by atoms with Crippen LogP contribution in [0.4, 0.5) is 5.95 Å². The average Bonchev–Trinajstić information content (AvgIpc) is 2.77. The van der Waals surface area contributed by atoms with Crippen molar-refractivity contribution in [2.45, 2.75) is 19.9 Å². The molecule has 6 nitrogen and oxygen atoms in total. The fraction of sp³-hybridized carbons (Fsp3) is 0.417. The van der Waals surface area contributed by atoms with Crippen molar-refractivity contribution >= 4 is 5.95 Å². The highest BCUT2D eigenvalue weighted by Crippen LogP contribution is 2.11. The number of rotatable bonds is 5. The first-order chi connectivity index (χ1) is 8.72. The normalized spacial score (nSPS) is 10.4. The molecule has 18 heavy (non-hydrogen) atoms. The molecular weight excluding hydrogens is 230 g/mol. The van der Waals surface area contributed by atoms with Crippen LogP contribution in [0.15, 0.2) is 18.5 Å². The van der Waals surface area contributed by atoms with Gasteiger partial charge in [-0.3, -0.25) is 4.68 Å². The van der Waals surface area contributed by atoms with Crippen LogP contribution in [0.5, 0.6) is 5.88 Å². The molecule has 0 aromatic carbocycles. The van der Waals surface area contributed by atoms with Crippen LogP contribution in [0.25, 0.3) is 0 Å². The van der Waals surface area contributed by atoms with E-state index in [1.54, 1.807) is 19.4 Å². The molecule has 0 unspecified atom stereocenters. The number of nitrogens with zero attached hydrogens (tertiary/aromatic N) is 4. The molecule has 0 amide bonds. The van der Waals surface area contributed by atoms with E-state index in [0.29, 0.717) is 18.4 Å². The fourth-order valence-electron chi connectivity index (χ4n) is 1.74. The van der Waals surface area contributed by atoms with Crippen LogP contribution >= 0.6 is 0 Å². The first-order valence-electron chi connectivity index (χ1n) is 5.85. The minimum atomic E-state index is 0.550. The number of aromatic nitrogens is 4. The molecule has 0 saturated heterocycles. The maximum absolute atomic E-state index is 5.05. The van der Waals surface area contributed by atoms with Gasteiger partial charge in [-0.05, 0) is 6.42 Å². The number of ether oxygens (including phenoxy) is 1. The zero-order chi connectivity index (χ0) is 13.0. The van der Waals surface area contributed by atoms with Gasteiger partial charge >= 0.3 is 0 Å². The van der Waals surface area contributed by atoms with Crippen LogP contribution in [-0.2, 0) is 20.0 Å². The Morgan fingerprint density at radius 2 is 2.28 bits per heavy atom. The summed E-state index contributed by atoms with van der Waals surface area (Å²) in [5.41, 5.74) is 2.25. The third-order valence-electron chi connectivity index (χ3n) is 2.60. The Bertz CT molecular complexity index is 523. The molecule has 0 bridgehead atoms. The van der Waals surface area contributed by atoms with Crippen molar-refractivity contribution in [2.75, 3.05) is 12.4 Å². The molecule has 1 N–H and O–H groups in total. The summed E-state index contributed by atoms with van der Waals surface area (Å²) < 4.78 is 6.87. The van der Waals surface area contributed by atoms with Crippen molar-refractivity contribution in [3.8, 4) is 5.88 Å². The van der Waals surface area contributed by atoms with E-state index in [1.165, 1.54) is 0 Å². The Hall–Kier alpha value is -2.11. The smallest absolute Gasteiger partial charge is 0.226 e. The average molecular weight is 247 g/mol. The lowest BCUT2D eigenvalue weighted by Crippen LogP contribution is -2.05. The summed E-state index contributed by atoms with van der Waals surface area (Å²) in [5.74, 6) is 1.11. The van der Waals surface area contributed by atoms with E-state index < -0.39 is 0 Å². The Kier molecular flexibility index (Phi) is 3.76. The van der Waals surface area contributed by atoms with Gasteiger partial charge in [0.15, 0.2) is 0 Å². The van der Waals surface area contributed by atoms with E-state index in [0.717, 1.165) is 17.7 Å². The van der Waals surface area contributed by atoms with Crippen LogP contribution in [0.2, 0.25) is 0 Å². The lowest BCUT2D eigenvalue weighted by molar-refractivity contribution is 0.397. The molecule has 0 aliphatic carbocycles. The van der Waals surface area contributed by atoms with E-state index in [-0.39, 0.29) is 0 Å². The van der Waals surface area contributed by atoms with Crippen molar-refractivity contribution in [2.24, 2.45) is 7.05 Å². The molecule has 2 heterocycles. The second kappa shape index (κ2) is 5.48. The van der Waals surface area contributed by atoms with Gasteiger partial charge in [-0.1, -0.05) is 6.92 Å². The number of nitrogens with one attached hydrogen (secondary N) is 1. The van der Waals surface area contributed by atoms with Gasteiger partial charge in [0.1, 0.15) is 0 Å². The first kappa shape index (κ1) is 12.3. The number of methoxy groups -OCH3 is 1. The van der Waals surface area contributed by atoms with E-state index >= 15 is 0 Å². The predicted octanol–water partition coefficient (Wildman–Crippen LogP) is 1.39. The van der Waals surface area contributed by atoms with Gasteiger partial charge in [-0.2, -0.15) is 10.1 Å². The molecule has 0 saturated carbocycles. The van der Waals surface area contributed by atoms with E-state index in [9.17, 15) is 0 Å². The van der Waals surface area contributed by atoms with Crippen LogP contribution in [-0.4, -0.2) is 26.9 Å². The van der Waals surface area contributed by atoms with Gasteiger partial charge in [-0.25, -0.2) is 4.98 Å². The van der Waals surface area contributed by atoms with E-state index in [2.05, 4.69) is 27.3 Å². The molecule has 0 aliphatic heterocycles. The van der Waals surface area contributed by atoms with Crippen molar-refractivity contribution in [3.05, 3.63) is 29.7 Å². The van der Waals surface area contributed by atoms with Gasteiger partial charge in [0.25, 0.3) is 0 Å². The predicted molar refractivity (Wildman–Crippen MR) is 68.5 cm³/mol. The van der Waals surface area contributed by atoms with Crippen molar-refractivity contribution < 1.29 is 4.74 Å². The standard InChI is InChI=1S/C12H17N5O/c1-4-10-9(8-17(2)16-10)7-14-12-13-6-5-11(15-12)18-3/h5-6,8H,4,7H2,1-3H3,(H,13,14,15). The summed E-state index contributed by atoms with van der Waals surface area (Å²) in [6.07, 6.45) is 4.58. The van der Waals surface area contributed by atoms with Gasteiger partial charge < -0.3 is 10.1 Å². The molecule has 2 aromatic rings. The molecule has 0 atom stereocenters. The highest BCUT2D eigenvalue weighted by molar-refractivity contribution is 5.30. The fourth-order valence-corrected chi connectivity index (χ4v) is 1.74. The molecular formula is C12H17N5O. The highest BCUT2D eigenvalue weighted by atomic mass is 16.5. The minimum Gasteiger partial charge on any atom is -0.481 e. The quantitative estimate of drug-likeness (QED) is 0.865. The van der Waals surface area contributed by atoms with Crippen LogP contribution in [0.3, 0.4) is 0 Å². The zero-order valence-electron chi connectivity index (χ0n) is 10.8. The number of hydrogen-bond donors (Lipinski definition) is 1. The third-order valence-corrected chi connectivity index (χ3v) is 2.60. The molecule has 0 aliphatic rings. The summed E-state index contributed by atoms with van der Waals surface area (Å²) in [4.78, 5) is 8.33. The van der Waals surface area contributed by atoms with Crippen molar-refractivity contribution in [3.63, 3.8) is 0 Å². The second-order valence-electron chi connectivity index (χ2n) is 3.90. The summed E-state index contributed by atoms with van der Waals surface area (Å²) in [6, 6.07) is 1.72. The maximum atomic E-state index is 5.05. The SMILES string of the molecule is CCc1nn(C)cc1CNc1nccc(OC)n1. The van der Waals surface area contributed by atoms with Gasteiger partial charge in [0.2, 0.25) is 11.8 Å². The summed E-state index contributed by atoms with van der Waals surface area (Å²) in [7, 11) is 3.51. The van der Waals surface area contributed by atoms with E-state index in [1.807, 2.05) is 17.9 Å². The lowest BCUT2D eigenvalue weighted by atomic mass is 10.2. The highest BCUT2D eigenvalue weighted by Gasteiger charge is 2.06. The number of anilines is 1. The van der Waals surface area contributed by atoms with Gasteiger partial charge in [0.05, 0.1) is 12.8 Å². The topological polar surface area (TPSA) is 64.9 Å². The maximum Gasteiger partial charge on any atom is 0.226 e. The van der Waals surface area contributed by atoms with Crippen molar-refractivity contribution in [1.29, 1.82) is 0 Å². The Balaban J connectivity index is 2.06. The van der Waals surface area contributed by atoms with Gasteiger partial charge in [0, 0.05) is 37.6 Å². The summed E-state index contributed by atoms with van der Waals surface area (Å²) in [6.45, 7) is 2.75. The molecule has 0 spiro atoms. The summed E-state index contributed by atoms with van der Waals surface area (Å²) in [5, 5.41) is 7.55. The molecule has 6 heteroatoms. The number of hydrogen-bond acceptors (Lipinski definition) is 5. The Labute approximate surface area is 106 Å². The number of aryl methyl sites for hydroxylation is 2. The molecule has 2 rings (SSSR count). The van der Waals surface area contributed by atoms with Crippen LogP contribution in [0, 0.1) is 0 Å².